The van der Waals surface area contributed by atoms with Crippen LogP contribution in [0.2, 0.25) is 0 Å². The van der Waals surface area contributed by atoms with Crippen LogP contribution in [0.3, 0.4) is 0 Å². The lowest BCUT2D eigenvalue weighted by atomic mass is 9.91. The zero-order valence-electron chi connectivity index (χ0n) is 21.1. The van der Waals surface area contributed by atoms with Crippen LogP contribution in [0.25, 0.3) is 0 Å². The van der Waals surface area contributed by atoms with Gasteiger partial charge in [0.05, 0.1) is 13.2 Å². The molecule has 1 heterocycles. The molecule has 1 saturated heterocycles. The van der Waals surface area contributed by atoms with E-state index in [1.54, 1.807) is 6.92 Å². The molecule has 1 fully saturated rings. The van der Waals surface area contributed by atoms with Crippen molar-refractivity contribution in [3.8, 4) is 0 Å². The fraction of sp³-hybridized carbons (Fsp3) is 0.481. The molecule has 0 saturated carbocycles. The summed E-state index contributed by atoms with van der Waals surface area (Å²) >= 11 is 0. The number of halogens is 2. The first-order valence-electron chi connectivity index (χ1n) is 12.2. The quantitative estimate of drug-likeness (QED) is 0.515. The van der Waals surface area contributed by atoms with Crippen LogP contribution < -0.4 is 10.6 Å². The highest BCUT2D eigenvalue weighted by atomic mass is 19.2. The number of nitrogens with one attached hydrogen (secondary N) is 2. The first-order valence-corrected chi connectivity index (χ1v) is 12.2. The largest absolute Gasteiger partial charge is 0.441 e. The number of carbonyl (C=O) groups excluding carboxylic acids is 2. The molecule has 1 aliphatic heterocycles. The first-order chi connectivity index (χ1) is 17.2. The maximum atomic E-state index is 13.9. The van der Waals surface area contributed by atoms with Gasteiger partial charge in [-0.05, 0) is 36.1 Å². The van der Waals surface area contributed by atoms with Gasteiger partial charge >= 0.3 is 6.09 Å². The topological polar surface area (TPSA) is 79.9 Å². The second kappa shape index (κ2) is 12.8. The smallest absolute Gasteiger partial charge is 0.408 e. The Balaban J connectivity index is 1.73. The second-order valence-electron chi connectivity index (χ2n) is 9.57. The van der Waals surface area contributed by atoms with E-state index in [0.29, 0.717) is 31.9 Å². The number of rotatable bonds is 10. The van der Waals surface area contributed by atoms with Crippen LogP contribution in [0.1, 0.15) is 38.0 Å². The molecule has 0 spiro atoms. The minimum Gasteiger partial charge on any atom is -0.441 e. The molecular weight excluding hydrogens is 468 g/mol. The Morgan fingerprint density at radius 1 is 1.08 bits per heavy atom. The summed E-state index contributed by atoms with van der Waals surface area (Å²) in [5.74, 6) is -2.46. The van der Waals surface area contributed by atoms with E-state index < -0.39 is 35.3 Å². The molecule has 0 aromatic heterocycles. The molecule has 196 valence electrons. The molecule has 9 heteroatoms. The number of carbonyl (C=O) groups is 2. The molecule has 2 aromatic rings. The zero-order chi connectivity index (χ0) is 26.1. The molecule has 2 atom stereocenters. The lowest BCUT2D eigenvalue weighted by Crippen LogP contribution is -2.59. The van der Waals surface area contributed by atoms with Crippen molar-refractivity contribution in [1.29, 1.82) is 0 Å². The number of ether oxygens (including phenoxy) is 2. The zero-order valence-corrected chi connectivity index (χ0v) is 21.1. The van der Waals surface area contributed by atoms with E-state index in [1.165, 1.54) is 6.07 Å². The fourth-order valence-corrected chi connectivity index (χ4v) is 4.19. The van der Waals surface area contributed by atoms with Crippen molar-refractivity contribution in [3.63, 3.8) is 0 Å². The molecule has 2 amide bonds. The Kier molecular flexibility index (Phi) is 9.78. The van der Waals surface area contributed by atoms with Gasteiger partial charge in [0.2, 0.25) is 5.91 Å². The summed E-state index contributed by atoms with van der Waals surface area (Å²) in [5, 5.41) is 5.57. The normalized spacial score (nSPS) is 16.7. The number of hydrogen-bond acceptors (Lipinski definition) is 5. The Hall–Kier alpha value is -3.04. The number of amides is 2. The molecular formula is C27H35F2N3O4. The predicted octanol–water partition coefficient (Wildman–Crippen LogP) is 3.84. The van der Waals surface area contributed by atoms with E-state index in [-0.39, 0.29) is 12.3 Å². The van der Waals surface area contributed by atoms with Crippen molar-refractivity contribution in [2.45, 2.75) is 38.8 Å². The number of morpholine rings is 1. The van der Waals surface area contributed by atoms with E-state index in [1.807, 2.05) is 44.2 Å². The molecule has 3 rings (SSSR count). The maximum Gasteiger partial charge on any atom is 0.408 e. The molecule has 36 heavy (non-hydrogen) atoms. The predicted molar refractivity (Wildman–Crippen MR) is 132 cm³/mol. The van der Waals surface area contributed by atoms with Crippen molar-refractivity contribution in [2.75, 3.05) is 39.4 Å². The van der Waals surface area contributed by atoms with E-state index >= 15 is 0 Å². The van der Waals surface area contributed by atoms with E-state index in [0.717, 1.165) is 30.8 Å². The van der Waals surface area contributed by atoms with Gasteiger partial charge in [-0.2, -0.15) is 0 Å². The highest BCUT2D eigenvalue weighted by Crippen LogP contribution is 2.26. The Morgan fingerprint density at radius 2 is 1.78 bits per heavy atom. The monoisotopic (exact) mass is 503 g/mol. The second-order valence-corrected chi connectivity index (χ2v) is 9.57. The van der Waals surface area contributed by atoms with Crippen molar-refractivity contribution >= 4 is 12.0 Å². The van der Waals surface area contributed by atoms with Crippen molar-refractivity contribution in [1.82, 2.24) is 15.5 Å². The van der Waals surface area contributed by atoms with Crippen LogP contribution in [0.4, 0.5) is 13.6 Å². The summed E-state index contributed by atoms with van der Waals surface area (Å²) in [6.07, 6.45) is -1.35. The van der Waals surface area contributed by atoms with Crippen molar-refractivity contribution < 1.29 is 27.8 Å². The number of nitrogens with zero attached hydrogens (tertiary/aromatic N) is 1. The highest BCUT2D eigenvalue weighted by molar-refractivity contribution is 5.90. The third-order valence-electron chi connectivity index (χ3n) is 6.21. The van der Waals surface area contributed by atoms with Crippen LogP contribution in [0.15, 0.2) is 48.5 Å². The van der Waals surface area contributed by atoms with Crippen LogP contribution in [-0.2, 0) is 20.7 Å². The third kappa shape index (κ3) is 7.73. The summed E-state index contributed by atoms with van der Waals surface area (Å²) in [5.41, 5.74) is -0.270. The van der Waals surface area contributed by atoms with Crippen LogP contribution >= 0.6 is 0 Å². The fourth-order valence-electron chi connectivity index (χ4n) is 4.19. The van der Waals surface area contributed by atoms with E-state index in [4.69, 9.17) is 9.47 Å². The van der Waals surface area contributed by atoms with Crippen LogP contribution in [0.5, 0.6) is 0 Å². The summed E-state index contributed by atoms with van der Waals surface area (Å²) in [7, 11) is 0. The van der Waals surface area contributed by atoms with Crippen molar-refractivity contribution in [2.24, 2.45) is 5.92 Å². The molecule has 7 nitrogen and oxygen atoms in total. The highest BCUT2D eigenvalue weighted by Gasteiger charge is 2.37. The van der Waals surface area contributed by atoms with Gasteiger partial charge in [0, 0.05) is 32.6 Å². The Bertz CT molecular complexity index is 1020. The standard InChI is InChI=1S/C27H35F2N3O4/c1-19(2)24(21-7-5-4-6-8-21)36-26(34)31-27(3,18-20-9-10-22(28)23(29)17-20)25(33)30-11-12-32-13-15-35-16-14-32/h4-10,17,19,24H,11-16,18H2,1-3H3,(H,30,33)(H,31,34)/t24-,27+/m0/s1. The number of alkyl carbamates (subject to hydrolysis) is 1. The van der Waals surface area contributed by atoms with E-state index in [2.05, 4.69) is 15.5 Å². The molecule has 0 radical (unpaired) electrons. The minimum absolute atomic E-state index is 0.0158. The molecule has 0 unspecified atom stereocenters. The van der Waals surface area contributed by atoms with Gasteiger partial charge in [0.15, 0.2) is 11.6 Å². The van der Waals surface area contributed by atoms with Gasteiger partial charge in [0.25, 0.3) is 0 Å². The number of hydrogen-bond donors (Lipinski definition) is 2. The molecule has 2 N–H and O–H groups in total. The van der Waals surface area contributed by atoms with Gasteiger partial charge in [-0.25, -0.2) is 13.6 Å². The summed E-state index contributed by atoms with van der Waals surface area (Å²) < 4.78 is 38.4. The lowest BCUT2D eigenvalue weighted by molar-refractivity contribution is -0.127. The Labute approximate surface area is 211 Å². The van der Waals surface area contributed by atoms with Gasteiger partial charge in [-0.1, -0.05) is 50.2 Å². The first kappa shape index (κ1) is 27.5. The molecule has 0 aliphatic carbocycles. The third-order valence-corrected chi connectivity index (χ3v) is 6.21. The minimum atomic E-state index is -1.47. The summed E-state index contributed by atoms with van der Waals surface area (Å²) in [6, 6.07) is 12.8. The molecule has 2 aromatic carbocycles. The summed E-state index contributed by atoms with van der Waals surface area (Å²) in [6.45, 7) is 9.26. The maximum absolute atomic E-state index is 13.9. The van der Waals surface area contributed by atoms with Crippen molar-refractivity contribution in [3.05, 3.63) is 71.3 Å². The lowest BCUT2D eigenvalue weighted by Gasteiger charge is -2.32. The van der Waals surface area contributed by atoms with Gasteiger partial charge in [-0.15, -0.1) is 0 Å². The van der Waals surface area contributed by atoms with Gasteiger partial charge < -0.3 is 20.1 Å². The van der Waals surface area contributed by atoms with Gasteiger partial charge in [0.1, 0.15) is 11.6 Å². The van der Waals surface area contributed by atoms with Crippen LogP contribution in [-0.4, -0.2) is 61.8 Å². The van der Waals surface area contributed by atoms with Gasteiger partial charge in [-0.3, -0.25) is 9.69 Å². The number of benzene rings is 2. The molecule has 1 aliphatic rings. The average molecular weight is 504 g/mol. The van der Waals surface area contributed by atoms with E-state index in [9.17, 15) is 18.4 Å². The summed E-state index contributed by atoms with van der Waals surface area (Å²) in [4.78, 5) is 28.5. The van der Waals surface area contributed by atoms with Crippen LogP contribution in [0, 0.1) is 17.6 Å². The SMILES string of the molecule is CC(C)[C@H](OC(=O)N[C@](C)(Cc1ccc(F)c(F)c1)C(=O)NCCN1CCOCC1)c1ccccc1. The Morgan fingerprint density at radius 3 is 2.42 bits per heavy atom. The molecule has 0 bridgehead atoms. The average Bonchev–Trinajstić information content (AvgIpc) is 2.85.